The molecular formula is C8H10F3N3O. The van der Waals surface area contributed by atoms with Gasteiger partial charge in [0, 0.05) is 5.92 Å². The zero-order chi connectivity index (χ0) is 11.1. The fourth-order valence-corrected chi connectivity index (χ4v) is 1.56. The van der Waals surface area contributed by atoms with Crippen molar-refractivity contribution in [1.29, 1.82) is 0 Å². The average Bonchev–Trinajstić information content (AvgIpc) is 2.87. The van der Waals surface area contributed by atoms with Gasteiger partial charge in [-0.1, -0.05) is 5.21 Å². The third kappa shape index (κ3) is 2.28. The number of hydrogen-bond donors (Lipinski definition) is 1. The number of aromatic nitrogens is 3. The van der Waals surface area contributed by atoms with Crippen molar-refractivity contribution in [2.24, 2.45) is 0 Å². The van der Waals surface area contributed by atoms with Crippen molar-refractivity contribution in [3.8, 4) is 0 Å². The highest BCUT2D eigenvalue weighted by atomic mass is 19.4. The molecule has 1 N–H and O–H groups in total. The Morgan fingerprint density at radius 1 is 1.40 bits per heavy atom. The minimum atomic E-state index is -4.30. The molecule has 2 rings (SSSR count). The van der Waals surface area contributed by atoms with Crippen LogP contribution in [-0.4, -0.2) is 26.3 Å². The molecule has 0 bridgehead atoms. The van der Waals surface area contributed by atoms with Crippen LogP contribution in [0.5, 0.6) is 0 Å². The lowest BCUT2D eigenvalue weighted by molar-refractivity contribution is -0.143. The van der Waals surface area contributed by atoms with Gasteiger partial charge in [0.2, 0.25) is 0 Å². The van der Waals surface area contributed by atoms with Gasteiger partial charge in [-0.25, -0.2) is 4.68 Å². The van der Waals surface area contributed by atoms with E-state index in [1.165, 1.54) is 0 Å². The zero-order valence-electron chi connectivity index (χ0n) is 7.83. The topological polar surface area (TPSA) is 50.9 Å². The van der Waals surface area contributed by atoms with Gasteiger partial charge in [0.25, 0.3) is 0 Å². The van der Waals surface area contributed by atoms with E-state index in [1.54, 1.807) is 0 Å². The molecule has 1 heterocycles. The molecule has 1 aliphatic rings. The number of alkyl halides is 3. The Kier molecular flexibility index (Phi) is 2.41. The molecule has 1 fully saturated rings. The highest BCUT2D eigenvalue weighted by molar-refractivity contribution is 5.19. The Bertz CT molecular complexity index is 357. The van der Waals surface area contributed by atoms with Gasteiger partial charge < -0.3 is 5.11 Å². The van der Waals surface area contributed by atoms with Crippen molar-refractivity contribution in [2.75, 3.05) is 0 Å². The van der Waals surface area contributed by atoms with Crippen LogP contribution in [0.1, 0.15) is 30.1 Å². The molecule has 0 aromatic carbocycles. The number of aliphatic hydroxyl groups is 1. The van der Waals surface area contributed by atoms with Crippen molar-refractivity contribution < 1.29 is 18.3 Å². The monoisotopic (exact) mass is 221 g/mol. The van der Waals surface area contributed by atoms with Crippen LogP contribution in [0.2, 0.25) is 0 Å². The normalized spacial score (nSPS) is 17.1. The van der Waals surface area contributed by atoms with Gasteiger partial charge in [-0.3, -0.25) is 0 Å². The maximum Gasteiger partial charge on any atom is 0.408 e. The Labute approximate surface area is 83.7 Å². The molecule has 0 unspecified atom stereocenters. The standard InChI is InChI=1S/C8H10F3N3O/c9-8(10,11)4-14-7(5-1-2-5)6(3-15)12-13-14/h5,15H,1-4H2. The van der Waals surface area contributed by atoms with Gasteiger partial charge in [-0.05, 0) is 12.8 Å². The fraction of sp³-hybridized carbons (Fsp3) is 0.750. The molecule has 0 aliphatic heterocycles. The van der Waals surface area contributed by atoms with Gasteiger partial charge in [0.1, 0.15) is 12.2 Å². The Morgan fingerprint density at radius 2 is 2.07 bits per heavy atom. The summed E-state index contributed by atoms with van der Waals surface area (Å²) in [7, 11) is 0. The van der Waals surface area contributed by atoms with E-state index >= 15 is 0 Å². The zero-order valence-corrected chi connectivity index (χ0v) is 7.83. The van der Waals surface area contributed by atoms with Crippen molar-refractivity contribution in [3.05, 3.63) is 11.4 Å². The maximum absolute atomic E-state index is 12.2. The minimum Gasteiger partial charge on any atom is -0.390 e. The Morgan fingerprint density at radius 3 is 2.53 bits per heavy atom. The molecule has 7 heteroatoms. The van der Waals surface area contributed by atoms with Crippen molar-refractivity contribution in [3.63, 3.8) is 0 Å². The molecule has 0 radical (unpaired) electrons. The number of aliphatic hydroxyl groups excluding tert-OH is 1. The minimum absolute atomic E-state index is 0.0875. The highest BCUT2D eigenvalue weighted by Crippen LogP contribution is 2.41. The van der Waals surface area contributed by atoms with Crippen molar-refractivity contribution in [2.45, 2.75) is 38.1 Å². The lowest BCUT2D eigenvalue weighted by atomic mass is 10.2. The molecule has 0 atom stereocenters. The summed E-state index contributed by atoms with van der Waals surface area (Å²) in [6, 6.07) is 0. The molecule has 1 aromatic heterocycles. The SMILES string of the molecule is OCc1nnn(CC(F)(F)F)c1C1CC1. The van der Waals surface area contributed by atoms with Crippen LogP contribution < -0.4 is 0 Å². The largest absolute Gasteiger partial charge is 0.408 e. The van der Waals surface area contributed by atoms with Gasteiger partial charge in [0.15, 0.2) is 0 Å². The number of hydrogen-bond acceptors (Lipinski definition) is 3. The first-order valence-corrected chi connectivity index (χ1v) is 4.61. The summed E-state index contributed by atoms with van der Waals surface area (Å²) in [6.07, 6.45) is -2.61. The van der Waals surface area contributed by atoms with Crippen LogP contribution in [0.15, 0.2) is 0 Å². The molecule has 1 aliphatic carbocycles. The van der Waals surface area contributed by atoms with Gasteiger partial charge in [0.05, 0.1) is 12.3 Å². The fourth-order valence-electron chi connectivity index (χ4n) is 1.56. The van der Waals surface area contributed by atoms with Crippen LogP contribution in [-0.2, 0) is 13.2 Å². The molecule has 1 saturated carbocycles. The second kappa shape index (κ2) is 3.48. The second-order valence-electron chi connectivity index (χ2n) is 3.63. The Hall–Kier alpha value is -1.11. The van der Waals surface area contributed by atoms with Crippen molar-refractivity contribution >= 4 is 0 Å². The lowest BCUT2D eigenvalue weighted by Crippen LogP contribution is -2.20. The lowest BCUT2D eigenvalue weighted by Gasteiger charge is -2.08. The van der Waals surface area contributed by atoms with Gasteiger partial charge in [-0.2, -0.15) is 13.2 Å². The van der Waals surface area contributed by atoms with Crippen LogP contribution >= 0.6 is 0 Å². The molecule has 0 spiro atoms. The van der Waals surface area contributed by atoms with Gasteiger partial charge in [-0.15, -0.1) is 5.10 Å². The predicted molar refractivity (Wildman–Crippen MR) is 44.0 cm³/mol. The first kappa shape index (κ1) is 10.4. The van der Waals surface area contributed by atoms with E-state index in [2.05, 4.69) is 10.3 Å². The van der Waals surface area contributed by atoms with Crippen LogP contribution in [0.3, 0.4) is 0 Å². The van der Waals surface area contributed by atoms with E-state index in [0.29, 0.717) is 5.69 Å². The summed E-state index contributed by atoms with van der Waals surface area (Å²) < 4.78 is 37.4. The quantitative estimate of drug-likeness (QED) is 0.834. The molecule has 4 nitrogen and oxygen atoms in total. The van der Waals surface area contributed by atoms with E-state index in [4.69, 9.17) is 5.11 Å². The first-order chi connectivity index (χ1) is 7.01. The smallest absolute Gasteiger partial charge is 0.390 e. The van der Waals surface area contributed by atoms with Crippen molar-refractivity contribution in [1.82, 2.24) is 15.0 Å². The maximum atomic E-state index is 12.2. The number of rotatable bonds is 3. The van der Waals surface area contributed by atoms with E-state index in [-0.39, 0.29) is 18.2 Å². The van der Waals surface area contributed by atoms with Crippen LogP contribution in [0.4, 0.5) is 13.2 Å². The number of nitrogens with zero attached hydrogens (tertiary/aromatic N) is 3. The molecule has 1 aromatic rings. The Balaban J connectivity index is 2.26. The second-order valence-corrected chi connectivity index (χ2v) is 3.63. The summed E-state index contributed by atoms with van der Waals surface area (Å²) in [4.78, 5) is 0. The van der Waals surface area contributed by atoms with Crippen LogP contribution in [0, 0.1) is 0 Å². The first-order valence-electron chi connectivity index (χ1n) is 4.61. The summed E-state index contributed by atoms with van der Waals surface area (Å²) in [5, 5.41) is 15.9. The van der Waals surface area contributed by atoms with Crippen LogP contribution in [0.25, 0.3) is 0 Å². The molecule has 15 heavy (non-hydrogen) atoms. The summed E-state index contributed by atoms with van der Waals surface area (Å²) in [6.45, 7) is -1.49. The average molecular weight is 221 g/mol. The molecule has 0 saturated heterocycles. The third-order valence-corrected chi connectivity index (χ3v) is 2.29. The summed E-state index contributed by atoms with van der Waals surface area (Å²) >= 11 is 0. The molecule has 84 valence electrons. The number of halogens is 3. The summed E-state index contributed by atoms with van der Waals surface area (Å²) in [5.74, 6) is 0.0875. The molecule has 0 amide bonds. The van der Waals surface area contributed by atoms with E-state index in [0.717, 1.165) is 17.5 Å². The van der Waals surface area contributed by atoms with Gasteiger partial charge >= 0.3 is 6.18 Å². The molecular weight excluding hydrogens is 211 g/mol. The van der Waals surface area contributed by atoms with E-state index < -0.39 is 12.7 Å². The summed E-state index contributed by atoms with van der Waals surface area (Å²) in [5.41, 5.74) is 0.705. The predicted octanol–water partition coefficient (Wildman–Crippen LogP) is 1.21. The van der Waals surface area contributed by atoms with E-state index in [1.807, 2.05) is 0 Å². The third-order valence-electron chi connectivity index (χ3n) is 2.29. The highest BCUT2D eigenvalue weighted by Gasteiger charge is 2.35. The van der Waals surface area contributed by atoms with E-state index in [9.17, 15) is 13.2 Å².